The van der Waals surface area contributed by atoms with E-state index in [-0.39, 0.29) is 17.8 Å². The van der Waals surface area contributed by atoms with E-state index in [9.17, 15) is 9.59 Å². The molecule has 4 aliphatic carbocycles. The van der Waals surface area contributed by atoms with Crippen LogP contribution in [0.15, 0.2) is 12.2 Å². The molecule has 0 saturated heterocycles. The van der Waals surface area contributed by atoms with Gasteiger partial charge in [-0.3, -0.25) is 0 Å². The van der Waals surface area contributed by atoms with E-state index in [1.54, 1.807) is 6.92 Å². The monoisotopic (exact) mass is 320 g/mol. The van der Waals surface area contributed by atoms with Gasteiger partial charge >= 0.3 is 11.9 Å². The Morgan fingerprint density at radius 2 is 1.48 bits per heavy atom. The molecule has 0 aliphatic heterocycles. The highest BCUT2D eigenvalue weighted by atomic mass is 16.6. The Bertz CT molecular complexity index is 512. The molecule has 0 aromatic heterocycles. The highest BCUT2D eigenvalue weighted by Gasteiger charge is 2.65. The van der Waals surface area contributed by atoms with Crippen LogP contribution in [0.25, 0.3) is 0 Å². The highest BCUT2D eigenvalue weighted by molar-refractivity contribution is 5.91. The summed E-state index contributed by atoms with van der Waals surface area (Å²) in [5.41, 5.74) is -1.35. The minimum absolute atomic E-state index is 0.0944. The van der Waals surface area contributed by atoms with Crippen molar-refractivity contribution in [2.24, 2.45) is 23.7 Å². The van der Waals surface area contributed by atoms with Crippen LogP contribution in [0.1, 0.15) is 59.8 Å². The minimum Gasteiger partial charge on any atom is -0.457 e. The second-order valence-electron chi connectivity index (χ2n) is 8.77. The summed E-state index contributed by atoms with van der Waals surface area (Å²) in [4.78, 5) is 25.4. The molecule has 0 aromatic rings. The summed E-state index contributed by atoms with van der Waals surface area (Å²) in [6.45, 7) is 10.9. The number of carbonyl (C=O) groups excluding carboxylic acids is 2. The van der Waals surface area contributed by atoms with Crippen LogP contribution < -0.4 is 0 Å². The number of ether oxygens (including phenoxy) is 2. The van der Waals surface area contributed by atoms with Crippen molar-refractivity contribution in [2.75, 3.05) is 0 Å². The largest absolute Gasteiger partial charge is 0.457 e. The van der Waals surface area contributed by atoms with Crippen LogP contribution in [0.5, 0.6) is 0 Å². The summed E-state index contributed by atoms with van der Waals surface area (Å²) in [5.74, 6) is 0.721. The van der Waals surface area contributed by atoms with Crippen LogP contribution >= 0.6 is 0 Å². The zero-order valence-corrected chi connectivity index (χ0v) is 14.7. The van der Waals surface area contributed by atoms with Gasteiger partial charge in [-0.25, -0.2) is 9.59 Å². The molecule has 4 saturated carbocycles. The Hall–Kier alpha value is -1.32. The molecule has 0 amide bonds. The predicted molar refractivity (Wildman–Crippen MR) is 86.5 cm³/mol. The van der Waals surface area contributed by atoms with Crippen molar-refractivity contribution >= 4 is 11.9 Å². The Kier molecular flexibility index (Phi) is 3.85. The molecule has 4 rings (SSSR count). The average molecular weight is 320 g/mol. The predicted octanol–water partition coefficient (Wildman–Crippen LogP) is 3.64. The third-order valence-corrected chi connectivity index (χ3v) is 5.68. The Morgan fingerprint density at radius 3 is 1.87 bits per heavy atom. The molecular weight excluding hydrogens is 292 g/mol. The van der Waals surface area contributed by atoms with Crippen LogP contribution in [-0.2, 0) is 19.1 Å². The average Bonchev–Trinajstić information content (AvgIpc) is 2.39. The summed E-state index contributed by atoms with van der Waals surface area (Å²) in [7, 11) is 0. The van der Waals surface area contributed by atoms with E-state index in [4.69, 9.17) is 9.47 Å². The molecule has 0 atom stereocenters. The number of carbonyl (C=O) groups is 2. The lowest BCUT2D eigenvalue weighted by Gasteiger charge is -2.58. The molecule has 0 spiro atoms. The van der Waals surface area contributed by atoms with E-state index >= 15 is 0 Å². The van der Waals surface area contributed by atoms with Crippen LogP contribution in [0, 0.1) is 23.7 Å². The van der Waals surface area contributed by atoms with Crippen LogP contribution in [0.2, 0.25) is 0 Å². The van der Waals surface area contributed by atoms with Gasteiger partial charge in [-0.1, -0.05) is 6.58 Å². The third kappa shape index (κ3) is 2.81. The first kappa shape index (κ1) is 16.5. The Balaban J connectivity index is 1.95. The molecule has 4 heteroatoms. The van der Waals surface area contributed by atoms with Gasteiger partial charge in [0.05, 0.1) is 0 Å². The number of esters is 2. The summed E-state index contributed by atoms with van der Waals surface area (Å²) >= 11 is 0. The van der Waals surface area contributed by atoms with Crippen molar-refractivity contribution in [3.8, 4) is 0 Å². The third-order valence-electron chi connectivity index (χ3n) is 5.68. The van der Waals surface area contributed by atoms with Crippen molar-refractivity contribution in [2.45, 2.75) is 71.0 Å². The normalized spacial score (nSPS) is 38.3. The molecule has 4 aliphatic rings. The zero-order valence-electron chi connectivity index (χ0n) is 14.7. The standard InChI is InChI=1S/C19H28O4/c1-11(2)16(20)22-19(17(21)23-18(3,4)5)14-7-12-6-13(9-14)10-15(19)8-12/h12-15H,1,6-10H2,2-5H3. The summed E-state index contributed by atoms with van der Waals surface area (Å²) in [6.07, 6.45) is 5.14. The van der Waals surface area contributed by atoms with Crippen molar-refractivity contribution < 1.29 is 19.1 Å². The van der Waals surface area contributed by atoms with Gasteiger partial charge in [0.2, 0.25) is 5.60 Å². The molecule has 4 fully saturated rings. The fraction of sp³-hybridized carbons (Fsp3) is 0.789. The molecule has 0 aromatic carbocycles. The first-order valence-electron chi connectivity index (χ1n) is 8.74. The molecule has 128 valence electrons. The van der Waals surface area contributed by atoms with E-state index in [1.165, 1.54) is 6.42 Å². The molecular formula is C19H28O4. The second-order valence-corrected chi connectivity index (χ2v) is 8.77. The fourth-order valence-electron chi connectivity index (χ4n) is 5.02. The molecule has 4 bridgehead atoms. The molecule has 4 nitrogen and oxygen atoms in total. The quantitative estimate of drug-likeness (QED) is 0.588. The van der Waals surface area contributed by atoms with Gasteiger partial charge < -0.3 is 9.47 Å². The molecule has 0 N–H and O–H groups in total. The van der Waals surface area contributed by atoms with Gasteiger partial charge in [0.25, 0.3) is 0 Å². The van der Waals surface area contributed by atoms with E-state index in [0.29, 0.717) is 17.4 Å². The van der Waals surface area contributed by atoms with E-state index in [1.807, 2.05) is 20.8 Å². The molecule has 0 unspecified atom stereocenters. The van der Waals surface area contributed by atoms with Gasteiger partial charge in [-0.2, -0.15) is 0 Å². The lowest BCUT2D eigenvalue weighted by molar-refractivity contribution is -0.229. The summed E-state index contributed by atoms with van der Waals surface area (Å²) < 4.78 is 11.6. The number of hydrogen-bond donors (Lipinski definition) is 0. The van der Waals surface area contributed by atoms with Crippen LogP contribution in [0.3, 0.4) is 0 Å². The minimum atomic E-state index is -1.10. The van der Waals surface area contributed by atoms with Crippen molar-refractivity contribution in [1.82, 2.24) is 0 Å². The first-order valence-corrected chi connectivity index (χ1v) is 8.74. The van der Waals surface area contributed by atoms with Gasteiger partial charge in [0.15, 0.2) is 0 Å². The Labute approximate surface area is 138 Å². The van der Waals surface area contributed by atoms with Gasteiger partial charge in [-0.15, -0.1) is 0 Å². The first-order chi connectivity index (χ1) is 10.6. The maximum atomic E-state index is 13.1. The maximum Gasteiger partial charge on any atom is 0.351 e. The molecule has 0 radical (unpaired) electrons. The fourth-order valence-corrected chi connectivity index (χ4v) is 5.02. The van der Waals surface area contributed by atoms with Gasteiger partial charge in [-0.05, 0) is 71.6 Å². The molecule has 23 heavy (non-hydrogen) atoms. The van der Waals surface area contributed by atoms with Crippen molar-refractivity contribution in [1.29, 1.82) is 0 Å². The maximum absolute atomic E-state index is 13.1. The topological polar surface area (TPSA) is 52.6 Å². The smallest absolute Gasteiger partial charge is 0.351 e. The highest BCUT2D eigenvalue weighted by Crippen LogP contribution is 2.60. The lowest BCUT2D eigenvalue weighted by Crippen LogP contribution is -2.65. The van der Waals surface area contributed by atoms with Gasteiger partial charge in [0, 0.05) is 17.4 Å². The zero-order chi connectivity index (χ0) is 17.0. The summed E-state index contributed by atoms with van der Waals surface area (Å²) in [6, 6.07) is 0. The van der Waals surface area contributed by atoms with E-state index in [0.717, 1.165) is 25.7 Å². The Morgan fingerprint density at radius 1 is 1.00 bits per heavy atom. The van der Waals surface area contributed by atoms with Gasteiger partial charge in [0.1, 0.15) is 5.60 Å². The second kappa shape index (κ2) is 5.35. The lowest BCUT2D eigenvalue weighted by atomic mass is 9.49. The van der Waals surface area contributed by atoms with Crippen LogP contribution in [0.4, 0.5) is 0 Å². The SMILES string of the molecule is C=C(C)C(=O)OC1(C(=O)OC(C)(C)C)C2CC3CC(C2)CC1C3. The van der Waals surface area contributed by atoms with Crippen molar-refractivity contribution in [3.05, 3.63) is 12.2 Å². The van der Waals surface area contributed by atoms with Crippen LogP contribution in [-0.4, -0.2) is 23.1 Å². The number of hydrogen-bond acceptors (Lipinski definition) is 4. The van der Waals surface area contributed by atoms with E-state index < -0.39 is 17.2 Å². The number of rotatable bonds is 3. The van der Waals surface area contributed by atoms with E-state index in [2.05, 4.69) is 6.58 Å². The molecule has 0 heterocycles. The van der Waals surface area contributed by atoms with Crippen molar-refractivity contribution in [3.63, 3.8) is 0 Å². The summed E-state index contributed by atoms with van der Waals surface area (Å²) in [5, 5.41) is 0.